The lowest BCUT2D eigenvalue weighted by atomic mass is 9.81. The van der Waals surface area contributed by atoms with Gasteiger partial charge < -0.3 is 20.2 Å². The molecule has 0 bridgehead atoms. The van der Waals surface area contributed by atoms with E-state index >= 15 is 0 Å². The average molecular weight is 631 g/mol. The van der Waals surface area contributed by atoms with Gasteiger partial charge in [-0.25, -0.2) is 23.4 Å². The molecule has 13 nitrogen and oxygen atoms in total. The maximum atomic E-state index is 12.6. The monoisotopic (exact) mass is 630 g/mol. The van der Waals surface area contributed by atoms with E-state index in [1.165, 1.54) is 12.4 Å². The van der Waals surface area contributed by atoms with Gasteiger partial charge in [-0.15, -0.1) is 0 Å². The Morgan fingerprint density at radius 1 is 1.07 bits per heavy atom. The second-order valence-corrected chi connectivity index (χ2v) is 14.4. The summed E-state index contributed by atoms with van der Waals surface area (Å²) >= 11 is 0. The van der Waals surface area contributed by atoms with Crippen LogP contribution in [0.15, 0.2) is 49.3 Å². The van der Waals surface area contributed by atoms with Crippen LogP contribution < -0.4 is 10.2 Å². The van der Waals surface area contributed by atoms with Crippen LogP contribution in [-0.4, -0.2) is 97.9 Å². The quantitative estimate of drug-likeness (QED) is 0.249. The van der Waals surface area contributed by atoms with E-state index in [0.717, 1.165) is 59.9 Å². The number of likely N-dealkylation sites (N-methyl/N-ethyl adjacent to an activating group) is 1. The third kappa shape index (κ3) is 7.16. The molecule has 0 atom stereocenters. The highest BCUT2D eigenvalue weighted by molar-refractivity contribution is 7.90. The summed E-state index contributed by atoms with van der Waals surface area (Å²) in [5, 5.41) is 21.3. The first-order valence-electron chi connectivity index (χ1n) is 15.1. The lowest BCUT2D eigenvalue weighted by Crippen LogP contribution is -2.40. The predicted molar refractivity (Wildman–Crippen MR) is 172 cm³/mol. The topological polar surface area (TPSA) is 147 Å². The summed E-state index contributed by atoms with van der Waals surface area (Å²) in [5.74, 6) is 8.00. The van der Waals surface area contributed by atoms with Crippen LogP contribution in [0.2, 0.25) is 0 Å². The Hall–Kier alpha value is -4.32. The molecule has 45 heavy (non-hydrogen) atoms. The molecular formula is C31H38N10O3S. The van der Waals surface area contributed by atoms with Crippen molar-refractivity contribution in [1.82, 2.24) is 38.8 Å². The van der Waals surface area contributed by atoms with Gasteiger partial charge in [0.2, 0.25) is 0 Å². The molecule has 6 rings (SSSR count). The molecule has 0 unspecified atom stereocenters. The first-order valence-corrected chi connectivity index (χ1v) is 16.6. The molecule has 4 aromatic rings. The van der Waals surface area contributed by atoms with E-state index in [-0.39, 0.29) is 17.3 Å². The van der Waals surface area contributed by atoms with Crippen molar-refractivity contribution in [1.29, 1.82) is 0 Å². The Balaban J connectivity index is 1.24. The van der Waals surface area contributed by atoms with Crippen molar-refractivity contribution in [2.45, 2.75) is 44.4 Å². The molecule has 1 saturated carbocycles. The molecule has 0 amide bonds. The number of aromatic nitrogens is 7. The fourth-order valence-corrected chi connectivity index (χ4v) is 6.56. The van der Waals surface area contributed by atoms with Gasteiger partial charge in [-0.2, -0.15) is 14.3 Å². The van der Waals surface area contributed by atoms with Crippen molar-refractivity contribution in [2.75, 3.05) is 50.6 Å². The number of hydrogen-bond donors (Lipinski definition) is 2. The molecule has 14 heteroatoms. The number of rotatable bonds is 10. The highest BCUT2D eigenvalue weighted by atomic mass is 32.2. The van der Waals surface area contributed by atoms with Crippen LogP contribution in [-0.2, 0) is 16.6 Å². The zero-order chi connectivity index (χ0) is 31.6. The van der Waals surface area contributed by atoms with Crippen LogP contribution in [0.1, 0.15) is 43.7 Å². The Kier molecular flexibility index (Phi) is 8.59. The summed E-state index contributed by atoms with van der Waals surface area (Å²) in [7, 11) is 0.585. The first-order chi connectivity index (χ1) is 21.6. The number of piperidine rings is 1. The minimum atomic E-state index is -3.48. The smallest absolute Gasteiger partial charge is 0.256 e. The molecule has 0 aromatic carbocycles. The number of pyridine rings is 1. The summed E-state index contributed by atoms with van der Waals surface area (Å²) in [6, 6.07) is 3.69. The fraction of sp³-hybridized carbons (Fsp3) is 0.452. The van der Waals surface area contributed by atoms with Gasteiger partial charge in [0, 0.05) is 50.9 Å². The van der Waals surface area contributed by atoms with Gasteiger partial charge in [-0.1, -0.05) is 18.8 Å². The Morgan fingerprint density at radius 2 is 1.87 bits per heavy atom. The second-order valence-electron chi connectivity index (χ2n) is 12.3. The van der Waals surface area contributed by atoms with Gasteiger partial charge in [0.1, 0.15) is 11.6 Å². The van der Waals surface area contributed by atoms with Crippen molar-refractivity contribution in [2.24, 2.45) is 5.41 Å². The fourth-order valence-electron chi connectivity index (χ4n) is 5.09. The summed E-state index contributed by atoms with van der Waals surface area (Å²) in [4.78, 5) is 18.0. The number of nitrogens with zero attached hydrogens (tertiary/aromatic N) is 9. The minimum Gasteiger partial charge on any atom is -0.396 e. The molecule has 5 heterocycles. The number of hydrogen-bond acceptors (Lipinski definition) is 11. The van der Waals surface area contributed by atoms with Crippen LogP contribution in [0.4, 0.5) is 17.3 Å². The molecule has 4 aromatic heterocycles. The third-order valence-corrected chi connectivity index (χ3v) is 10.3. The van der Waals surface area contributed by atoms with Crippen molar-refractivity contribution in [3.05, 3.63) is 60.4 Å². The second kappa shape index (κ2) is 12.6. The van der Waals surface area contributed by atoms with Gasteiger partial charge in [-0.3, -0.25) is 4.68 Å². The van der Waals surface area contributed by atoms with E-state index < -0.39 is 10.0 Å². The maximum absolute atomic E-state index is 12.6. The number of aliphatic hydroxyl groups excluding tert-OH is 1. The van der Waals surface area contributed by atoms with Crippen molar-refractivity contribution >= 4 is 27.3 Å². The highest BCUT2D eigenvalue weighted by Gasteiger charge is 2.37. The van der Waals surface area contributed by atoms with E-state index in [1.54, 1.807) is 24.7 Å². The number of nitrogens with one attached hydrogen (secondary N) is 1. The van der Waals surface area contributed by atoms with E-state index in [2.05, 4.69) is 59.0 Å². The zero-order valence-electron chi connectivity index (χ0n) is 25.8. The van der Waals surface area contributed by atoms with Gasteiger partial charge in [-0.05, 0) is 51.3 Å². The van der Waals surface area contributed by atoms with E-state index in [0.29, 0.717) is 35.9 Å². The van der Waals surface area contributed by atoms with Crippen LogP contribution in [0.3, 0.4) is 0 Å². The van der Waals surface area contributed by atoms with E-state index in [1.807, 2.05) is 31.0 Å². The molecule has 1 aliphatic carbocycles. The number of anilines is 3. The van der Waals surface area contributed by atoms with E-state index in [4.69, 9.17) is 0 Å². The first kappa shape index (κ1) is 30.7. The maximum Gasteiger partial charge on any atom is 0.256 e. The lowest BCUT2D eigenvalue weighted by molar-refractivity contribution is 0.115. The summed E-state index contributed by atoms with van der Waals surface area (Å²) in [6.45, 7) is 5.52. The summed E-state index contributed by atoms with van der Waals surface area (Å²) < 4.78 is 28.1. The molecule has 236 valence electrons. The van der Waals surface area contributed by atoms with Crippen LogP contribution >= 0.6 is 0 Å². The van der Waals surface area contributed by atoms with Crippen LogP contribution in [0.25, 0.3) is 11.4 Å². The molecule has 1 aliphatic heterocycles. The van der Waals surface area contributed by atoms with Crippen molar-refractivity contribution in [3.63, 3.8) is 0 Å². The molecular weight excluding hydrogens is 592 g/mol. The molecule has 0 spiro atoms. The summed E-state index contributed by atoms with van der Waals surface area (Å²) in [5.41, 5.74) is 2.98. The normalized spacial score (nSPS) is 16.4. The lowest BCUT2D eigenvalue weighted by Gasteiger charge is -2.39. The van der Waals surface area contributed by atoms with Gasteiger partial charge >= 0.3 is 0 Å². The largest absolute Gasteiger partial charge is 0.396 e. The highest BCUT2D eigenvalue weighted by Crippen LogP contribution is 2.35. The molecule has 2 N–H and O–H groups in total. The van der Waals surface area contributed by atoms with E-state index in [9.17, 15) is 13.5 Å². The Morgan fingerprint density at radius 3 is 2.60 bits per heavy atom. The third-order valence-electron chi connectivity index (χ3n) is 8.26. The molecule has 2 aliphatic rings. The van der Waals surface area contributed by atoms with Gasteiger partial charge in [0.25, 0.3) is 10.0 Å². The van der Waals surface area contributed by atoms with Gasteiger partial charge in [0.15, 0.2) is 5.82 Å². The van der Waals surface area contributed by atoms with Crippen molar-refractivity contribution in [3.8, 4) is 23.2 Å². The average Bonchev–Trinajstić information content (AvgIpc) is 3.60. The summed E-state index contributed by atoms with van der Waals surface area (Å²) in [6.07, 6.45) is 13.1. The standard InChI is InChI=1S/C31H38N10O3S/c1-31(22-42)9-12-39(13-10-31)27-16-29(33-18-24(27)5-4-23-17-34-40(20-23)15-14-38(2)3)36-28-8-11-32-30(37-28)25-19-35-41(21-25)45(43,44)26-6-7-26/h8,11,16-21,26,42H,6-7,9-10,12-15,22H2,1-3H3,(H,32,33,36,37). The Bertz CT molecular complexity index is 1830. The SMILES string of the molecule is CN(C)CCn1cc(C#Cc2cnc(Nc3ccnc(-c4cnn(S(=O)(=O)C5CC5)c4)n3)cc2N2CCC(C)(CO)CC2)cn1. The molecule has 1 saturated heterocycles. The number of aliphatic hydroxyl groups is 1. The molecule has 0 radical (unpaired) electrons. The van der Waals surface area contributed by atoms with Gasteiger partial charge in [0.05, 0.1) is 52.8 Å². The van der Waals surface area contributed by atoms with Crippen LogP contribution in [0, 0.1) is 17.3 Å². The van der Waals surface area contributed by atoms with Crippen LogP contribution in [0.5, 0.6) is 0 Å². The minimum absolute atomic E-state index is 0.0965. The zero-order valence-corrected chi connectivity index (χ0v) is 26.6. The predicted octanol–water partition coefficient (Wildman–Crippen LogP) is 2.58. The van der Waals surface area contributed by atoms with Crippen molar-refractivity contribution < 1.29 is 13.5 Å². The molecule has 2 fully saturated rings. The Labute approximate surface area is 263 Å².